The number of halogens is 3. The summed E-state index contributed by atoms with van der Waals surface area (Å²) in [5.74, 6) is -1.48. The first-order valence-corrected chi connectivity index (χ1v) is 6.32. The normalized spacial score (nSPS) is 19.0. The number of carbonyl (C=O) groups is 2. The maximum atomic E-state index is 11.9. The van der Waals surface area contributed by atoms with Crippen molar-refractivity contribution >= 4 is 11.9 Å². The molecule has 8 heteroatoms. The standard InChI is InChI=1S/C12H18F3NO4/c1-8(6-20-7-12(13,14)15)16-9(17)5-11(10(18)19)3-2-4-11/h8H,2-7H2,1H3,(H,16,17)(H,18,19). The second-order valence-electron chi connectivity index (χ2n) is 5.21. The minimum atomic E-state index is -4.40. The lowest BCUT2D eigenvalue weighted by Gasteiger charge is -2.37. The van der Waals surface area contributed by atoms with Crippen molar-refractivity contribution in [2.45, 2.75) is 44.8 Å². The zero-order chi connectivity index (χ0) is 15.4. The van der Waals surface area contributed by atoms with Gasteiger partial charge in [-0.3, -0.25) is 9.59 Å². The first-order valence-electron chi connectivity index (χ1n) is 6.32. The van der Waals surface area contributed by atoms with E-state index >= 15 is 0 Å². The number of amides is 1. The summed E-state index contributed by atoms with van der Waals surface area (Å²) in [5, 5.41) is 11.5. The Morgan fingerprint density at radius 3 is 2.40 bits per heavy atom. The van der Waals surface area contributed by atoms with Crippen molar-refractivity contribution < 1.29 is 32.6 Å². The van der Waals surface area contributed by atoms with Crippen molar-refractivity contribution in [2.75, 3.05) is 13.2 Å². The van der Waals surface area contributed by atoms with Crippen LogP contribution in [0.4, 0.5) is 13.2 Å². The molecule has 0 spiro atoms. The Hall–Kier alpha value is -1.31. The lowest BCUT2D eigenvalue weighted by molar-refractivity contribution is -0.175. The minimum absolute atomic E-state index is 0.147. The predicted molar refractivity (Wildman–Crippen MR) is 63.0 cm³/mol. The van der Waals surface area contributed by atoms with Gasteiger partial charge in [0.2, 0.25) is 5.91 Å². The smallest absolute Gasteiger partial charge is 0.411 e. The van der Waals surface area contributed by atoms with Crippen LogP contribution in [0, 0.1) is 5.41 Å². The third kappa shape index (κ3) is 4.99. The van der Waals surface area contributed by atoms with E-state index in [1.165, 1.54) is 6.92 Å². The van der Waals surface area contributed by atoms with E-state index in [-0.39, 0.29) is 13.0 Å². The SMILES string of the molecule is CC(COCC(F)(F)F)NC(=O)CC1(C(=O)O)CCC1. The fourth-order valence-corrected chi connectivity index (χ4v) is 2.10. The van der Waals surface area contributed by atoms with Gasteiger partial charge in [0.25, 0.3) is 0 Å². The van der Waals surface area contributed by atoms with E-state index in [1.807, 2.05) is 0 Å². The Balaban J connectivity index is 2.29. The van der Waals surface area contributed by atoms with Gasteiger partial charge >= 0.3 is 12.1 Å². The van der Waals surface area contributed by atoms with Gasteiger partial charge < -0.3 is 15.2 Å². The Kier molecular flexibility index (Phi) is 5.38. The number of aliphatic carboxylic acids is 1. The van der Waals surface area contributed by atoms with Crippen molar-refractivity contribution in [3.8, 4) is 0 Å². The van der Waals surface area contributed by atoms with Crippen molar-refractivity contribution in [1.29, 1.82) is 0 Å². The highest BCUT2D eigenvalue weighted by Crippen LogP contribution is 2.44. The predicted octanol–water partition coefficient (Wildman–Crippen LogP) is 1.72. The molecule has 0 aliphatic heterocycles. The molecule has 0 aromatic carbocycles. The van der Waals surface area contributed by atoms with Crippen LogP contribution in [0.3, 0.4) is 0 Å². The molecule has 1 atom stereocenters. The average Bonchev–Trinajstić information content (AvgIpc) is 2.20. The number of carboxylic acid groups (broad SMARTS) is 1. The fraction of sp³-hybridized carbons (Fsp3) is 0.833. The minimum Gasteiger partial charge on any atom is -0.481 e. The van der Waals surface area contributed by atoms with Gasteiger partial charge in [-0.25, -0.2) is 0 Å². The quantitative estimate of drug-likeness (QED) is 0.750. The largest absolute Gasteiger partial charge is 0.481 e. The number of hydrogen-bond donors (Lipinski definition) is 2. The zero-order valence-corrected chi connectivity index (χ0v) is 11.1. The first-order chi connectivity index (χ1) is 9.15. The molecule has 0 heterocycles. The molecule has 116 valence electrons. The van der Waals surface area contributed by atoms with Crippen LogP contribution in [-0.4, -0.2) is 42.4 Å². The molecular weight excluding hydrogens is 279 g/mol. The Bertz CT molecular complexity index is 366. The van der Waals surface area contributed by atoms with Gasteiger partial charge in [0.15, 0.2) is 0 Å². The lowest BCUT2D eigenvalue weighted by Crippen LogP contribution is -2.45. The molecule has 1 rings (SSSR count). The second-order valence-corrected chi connectivity index (χ2v) is 5.21. The van der Waals surface area contributed by atoms with Crippen molar-refractivity contribution in [2.24, 2.45) is 5.41 Å². The number of rotatable bonds is 7. The Morgan fingerprint density at radius 2 is 2.00 bits per heavy atom. The molecule has 20 heavy (non-hydrogen) atoms. The maximum absolute atomic E-state index is 11.9. The Labute approximate surface area is 114 Å². The fourth-order valence-electron chi connectivity index (χ4n) is 2.10. The average molecular weight is 297 g/mol. The summed E-state index contributed by atoms with van der Waals surface area (Å²) in [6.07, 6.45) is -2.87. The topological polar surface area (TPSA) is 75.6 Å². The third-order valence-electron chi connectivity index (χ3n) is 3.30. The molecule has 1 fully saturated rings. The molecule has 1 aliphatic carbocycles. The summed E-state index contributed by atoms with van der Waals surface area (Å²) >= 11 is 0. The van der Waals surface area contributed by atoms with Gasteiger partial charge in [0, 0.05) is 12.5 Å². The highest BCUT2D eigenvalue weighted by atomic mass is 19.4. The number of ether oxygens (including phenoxy) is 1. The molecule has 1 unspecified atom stereocenters. The number of alkyl halides is 3. The molecule has 1 aliphatic rings. The van der Waals surface area contributed by atoms with Crippen LogP contribution in [0.5, 0.6) is 0 Å². The van der Waals surface area contributed by atoms with Gasteiger partial charge in [-0.1, -0.05) is 6.42 Å². The van der Waals surface area contributed by atoms with Crippen molar-refractivity contribution in [1.82, 2.24) is 5.32 Å². The highest BCUT2D eigenvalue weighted by Gasteiger charge is 2.45. The molecule has 0 radical (unpaired) electrons. The molecule has 0 bridgehead atoms. The molecule has 5 nitrogen and oxygen atoms in total. The van der Waals surface area contributed by atoms with Crippen LogP contribution in [-0.2, 0) is 14.3 Å². The highest BCUT2D eigenvalue weighted by molar-refractivity contribution is 5.85. The molecule has 0 aromatic heterocycles. The molecule has 0 saturated heterocycles. The van der Waals surface area contributed by atoms with Gasteiger partial charge in [-0.15, -0.1) is 0 Å². The second kappa shape index (κ2) is 6.43. The third-order valence-corrected chi connectivity index (χ3v) is 3.30. The van der Waals surface area contributed by atoms with E-state index in [4.69, 9.17) is 5.11 Å². The number of hydrogen-bond acceptors (Lipinski definition) is 3. The van der Waals surface area contributed by atoms with Crippen LogP contribution < -0.4 is 5.32 Å². The van der Waals surface area contributed by atoms with Crippen LogP contribution >= 0.6 is 0 Å². The summed E-state index contributed by atoms with van der Waals surface area (Å²) in [4.78, 5) is 22.8. The molecule has 0 aromatic rings. The molecule has 2 N–H and O–H groups in total. The Morgan fingerprint density at radius 1 is 1.40 bits per heavy atom. The number of carbonyl (C=O) groups excluding carboxylic acids is 1. The van der Waals surface area contributed by atoms with E-state index in [9.17, 15) is 22.8 Å². The molecule has 1 saturated carbocycles. The van der Waals surface area contributed by atoms with Gasteiger partial charge in [0.05, 0.1) is 12.0 Å². The van der Waals surface area contributed by atoms with Crippen molar-refractivity contribution in [3.63, 3.8) is 0 Å². The monoisotopic (exact) mass is 297 g/mol. The zero-order valence-electron chi connectivity index (χ0n) is 11.1. The number of nitrogens with one attached hydrogen (secondary N) is 1. The molecular formula is C12H18F3NO4. The van der Waals surface area contributed by atoms with E-state index in [0.717, 1.165) is 6.42 Å². The summed E-state index contributed by atoms with van der Waals surface area (Å²) in [5.41, 5.74) is -1.00. The van der Waals surface area contributed by atoms with Crippen LogP contribution in [0.15, 0.2) is 0 Å². The van der Waals surface area contributed by atoms with E-state index in [2.05, 4.69) is 10.1 Å². The van der Waals surface area contributed by atoms with Crippen LogP contribution in [0.25, 0.3) is 0 Å². The maximum Gasteiger partial charge on any atom is 0.411 e. The van der Waals surface area contributed by atoms with E-state index < -0.39 is 36.1 Å². The summed E-state index contributed by atoms with van der Waals surface area (Å²) in [6, 6.07) is -0.601. The summed E-state index contributed by atoms with van der Waals surface area (Å²) in [6.45, 7) is -0.139. The molecule has 1 amide bonds. The van der Waals surface area contributed by atoms with E-state index in [1.54, 1.807) is 0 Å². The van der Waals surface area contributed by atoms with Crippen LogP contribution in [0.2, 0.25) is 0 Å². The van der Waals surface area contributed by atoms with Crippen LogP contribution in [0.1, 0.15) is 32.6 Å². The number of carboxylic acids is 1. The van der Waals surface area contributed by atoms with Gasteiger partial charge in [0.1, 0.15) is 6.61 Å². The lowest BCUT2D eigenvalue weighted by atomic mass is 9.66. The summed E-state index contributed by atoms with van der Waals surface area (Å²) < 4.78 is 40.0. The van der Waals surface area contributed by atoms with Crippen molar-refractivity contribution in [3.05, 3.63) is 0 Å². The summed E-state index contributed by atoms with van der Waals surface area (Å²) in [7, 11) is 0. The van der Waals surface area contributed by atoms with E-state index in [0.29, 0.717) is 12.8 Å². The van der Waals surface area contributed by atoms with Gasteiger partial charge in [-0.05, 0) is 19.8 Å². The first kappa shape index (κ1) is 16.7. The van der Waals surface area contributed by atoms with Gasteiger partial charge in [-0.2, -0.15) is 13.2 Å².